The molecule has 146 valence electrons. The van der Waals surface area contributed by atoms with Crippen molar-refractivity contribution in [3.63, 3.8) is 0 Å². The minimum atomic E-state index is -0.308. The monoisotopic (exact) mass is 376 g/mol. The highest BCUT2D eigenvalue weighted by atomic mass is 16.5. The van der Waals surface area contributed by atoms with E-state index < -0.39 is 0 Å². The van der Waals surface area contributed by atoms with Gasteiger partial charge in [0.15, 0.2) is 0 Å². The normalized spacial score (nSPS) is 32.9. The second kappa shape index (κ2) is 6.65. The van der Waals surface area contributed by atoms with E-state index >= 15 is 0 Å². The number of esters is 1. The van der Waals surface area contributed by atoms with Gasteiger partial charge in [-0.3, -0.25) is 0 Å². The Bertz CT molecular complexity index is 841. The third-order valence-electron chi connectivity index (χ3n) is 7.39. The van der Waals surface area contributed by atoms with Gasteiger partial charge in [-0.15, -0.1) is 0 Å². The summed E-state index contributed by atoms with van der Waals surface area (Å²) in [6.45, 7) is 0.784. The fraction of sp³-hybridized carbons (Fsp3) is 0.480. The molecule has 2 unspecified atom stereocenters. The Hall–Kier alpha value is -2.29. The average molecular weight is 376 g/mol. The minimum Gasteiger partial charge on any atom is -0.493 e. The van der Waals surface area contributed by atoms with Crippen LogP contribution in [-0.4, -0.2) is 19.7 Å². The molecule has 2 aromatic carbocycles. The fourth-order valence-electron chi connectivity index (χ4n) is 6.79. The Labute approximate surface area is 167 Å². The van der Waals surface area contributed by atoms with Crippen LogP contribution in [0.2, 0.25) is 0 Å². The van der Waals surface area contributed by atoms with E-state index in [1.807, 2.05) is 12.1 Å². The van der Waals surface area contributed by atoms with E-state index in [0.29, 0.717) is 16.4 Å². The molecule has 4 fully saturated rings. The zero-order chi connectivity index (χ0) is 19.2. The molecule has 0 heterocycles. The molecule has 2 atom stereocenters. The van der Waals surface area contributed by atoms with Crippen molar-refractivity contribution >= 4 is 5.97 Å². The van der Waals surface area contributed by atoms with Crippen LogP contribution in [0.5, 0.6) is 5.75 Å². The summed E-state index contributed by atoms with van der Waals surface area (Å²) in [5.74, 6) is 2.22. The van der Waals surface area contributed by atoms with Crippen molar-refractivity contribution < 1.29 is 14.3 Å². The van der Waals surface area contributed by atoms with E-state index in [0.717, 1.165) is 24.2 Å². The zero-order valence-electron chi connectivity index (χ0n) is 16.5. The van der Waals surface area contributed by atoms with Crippen molar-refractivity contribution in [2.45, 2.75) is 43.9 Å². The lowest BCUT2D eigenvalue weighted by Crippen LogP contribution is -2.55. The van der Waals surface area contributed by atoms with Crippen LogP contribution in [-0.2, 0) is 10.2 Å². The molecule has 4 saturated carbocycles. The smallest absolute Gasteiger partial charge is 0.337 e. The molecule has 28 heavy (non-hydrogen) atoms. The summed E-state index contributed by atoms with van der Waals surface area (Å²) in [7, 11) is 1.41. The lowest BCUT2D eigenvalue weighted by Gasteiger charge is -2.62. The maximum atomic E-state index is 11.6. The molecule has 3 heteroatoms. The molecule has 4 aliphatic carbocycles. The van der Waals surface area contributed by atoms with Crippen LogP contribution in [0.15, 0.2) is 54.6 Å². The number of carbonyl (C=O) groups excluding carboxylic acids is 1. The molecule has 2 aromatic rings. The molecule has 4 bridgehead atoms. The van der Waals surface area contributed by atoms with Crippen LogP contribution in [0, 0.1) is 17.3 Å². The molecule has 0 radical (unpaired) electrons. The lowest BCUT2D eigenvalue weighted by molar-refractivity contribution is -0.0913. The summed E-state index contributed by atoms with van der Waals surface area (Å²) in [5.41, 5.74) is 2.74. The predicted octanol–water partition coefficient (Wildman–Crippen LogP) is 5.39. The minimum absolute atomic E-state index is 0.293. The van der Waals surface area contributed by atoms with Gasteiger partial charge in [-0.25, -0.2) is 4.79 Å². The van der Waals surface area contributed by atoms with E-state index in [1.54, 1.807) is 12.1 Å². The van der Waals surface area contributed by atoms with Gasteiger partial charge in [0.25, 0.3) is 0 Å². The quantitative estimate of drug-likeness (QED) is 0.656. The summed E-state index contributed by atoms with van der Waals surface area (Å²) in [4.78, 5) is 11.6. The van der Waals surface area contributed by atoms with Gasteiger partial charge in [0.2, 0.25) is 0 Å². The Morgan fingerprint density at radius 3 is 2.29 bits per heavy atom. The SMILES string of the molecule is COC(=O)c1ccc(OCC23CC4CC(C2)CC(c2ccccc2)(C4)C3)cc1. The van der Waals surface area contributed by atoms with Crippen molar-refractivity contribution in [1.82, 2.24) is 0 Å². The number of methoxy groups -OCH3 is 1. The molecule has 0 N–H and O–H groups in total. The zero-order valence-corrected chi connectivity index (χ0v) is 16.5. The Morgan fingerprint density at radius 1 is 0.964 bits per heavy atom. The highest BCUT2D eigenvalue weighted by molar-refractivity contribution is 5.89. The first kappa shape index (κ1) is 17.8. The standard InChI is InChI=1S/C25H28O3/c1-27-23(26)20-7-9-22(10-8-20)28-17-24-12-18-11-19(13-24)15-25(14-18,16-24)21-5-3-2-4-6-21/h2-10,18-19H,11-17H2,1H3. The summed E-state index contributed by atoms with van der Waals surface area (Å²) in [6, 6.07) is 18.5. The first-order valence-corrected chi connectivity index (χ1v) is 10.5. The molecular formula is C25H28O3. The highest BCUT2D eigenvalue weighted by Crippen LogP contribution is 2.65. The predicted molar refractivity (Wildman–Crippen MR) is 109 cm³/mol. The Kier molecular flexibility index (Phi) is 4.22. The van der Waals surface area contributed by atoms with E-state index in [4.69, 9.17) is 9.47 Å². The number of hydrogen-bond donors (Lipinski definition) is 0. The number of rotatable bonds is 5. The Balaban J connectivity index is 1.35. The topological polar surface area (TPSA) is 35.5 Å². The summed E-state index contributed by atoms with van der Waals surface area (Å²) in [6.07, 6.45) is 7.96. The third kappa shape index (κ3) is 3.01. The molecule has 0 spiro atoms. The maximum absolute atomic E-state index is 11.6. The molecule has 3 nitrogen and oxygen atoms in total. The van der Waals surface area contributed by atoms with Crippen LogP contribution in [0.4, 0.5) is 0 Å². The molecule has 0 aliphatic heterocycles. The van der Waals surface area contributed by atoms with Gasteiger partial charge in [0.1, 0.15) is 5.75 Å². The van der Waals surface area contributed by atoms with Crippen molar-refractivity contribution in [3.05, 3.63) is 65.7 Å². The van der Waals surface area contributed by atoms with Gasteiger partial charge in [-0.2, -0.15) is 0 Å². The average Bonchev–Trinajstić information content (AvgIpc) is 2.72. The van der Waals surface area contributed by atoms with Gasteiger partial charge in [-0.1, -0.05) is 30.3 Å². The van der Waals surface area contributed by atoms with Crippen LogP contribution in [0.25, 0.3) is 0 Å². The molecule has 6 rings (SSSR count). The van der Waals surface area contributed by atoms with Crippen molar-refractivity contribution in [1.29, 1.82) is 0 Å². The molecular weight excluding hydrogens is 348 g/mol. The van der Waals surface area contributed by atoms with Crippen molar-refractivity contribution in [2.75, 3.05) is 13.7 Å². The van der Waals surface area contributed by atoms with E-state index in [-0.39, 0.29) is 5.97 Å². The van der Waals surface area contributed by atoms with Gasteiger partial charge in [0, 0.05) is 5.41 Å². The summed E-state index contributed by atoms with van der Waals surface area (Å²) >= 11 is 0. The first-order valence-electron chi connectivity index (χ1n) is 10.5. The molecule has 0 aromatic heterocycles. The largest absolute Gasteiger partial charge is 0.493 e. The van der Waals surface area contributed by atoms with Crippen LogP contribution in [0.1, 0.15) is 54.4 Å². The van der Waals surface area contributed by atoms with Crippen LogP contribution in [0.3, 0.4) is 0 Å². The van der Waals surface area contributed by atoms with E-state index in [9.17, 15) is 4.79 Å². The lowest BCUT2D eigenvalue weighted by atomic mass is 9.43. The van der Waals surface area contributed by atoms with Crippen LogP contribution >= 0.6 is 0 Å². The van der Waals surface area contributed by atoms with Gasteiger partial charge in [0.05, 0.1) is 19.3 Å². The van der Waals surface area contributed by atoms with E-state index in [1.165, 1.54) is 51.2 Å². The second-order valence-electron chi connectivity index (χ2n) is 9.41. The van der Waals surface area contributed by atoms with Crippen molar-refractivity contribution in [3.8, 4) is 5.75 Å². The molecule has 0 amide bonds. The van der Waals surface area contributed by atoms with Gasteiger partial charge >= 0.3 is 5.97 Å². The summed E-state index contributed by atoms with van der Waals surface area (Å²) in [5, 5.41) is 0. The summed E-state index contributed by atoms with van der Waals surface area (Å²) < 4.78 is 11.1. The Morgan fingerprint density at radius 2 is 1.64 bits per heavy atom. The maximum Gasteiger partial charge on any atom is 0.337 e. The second-order valence-corrected chi connectivity index (χ2v) is 9.41. The number of hydrogen-bond acceptors (Lipinski definition) is 3. The molecule has 0 saturated heterocycles. The first-order chi connectivity index (χ1) is 13.6. The fourth-order valence-corrected chi connectivity index (χ4v) is 6.79. The van der Waals surface area contributed by atoms with E-state index in [2.05, 4.69) is 30.3 Å². The van der Waals surface area contributed by atoms with Crippen LogP contribution < -0.4 is 4.74 Å². The third-order valence-corrected chi connectivity index (χ3v) is 7.39. The highest BCUT2D eigenvalue weighted by Gasteiger charge is 2.58. The van der Waals surface area contributed by atoms with Crippen molar-refractivity contribution in [2.24, 2.45) is 17.3 Å². The number of ether oxygens (including phenoxy) is 2. The number of carbonyl (C=O) groups is 1. The van der Waals surface area contributed by atoms with Gasteiger partial charge in [-0.05, 0) is 85.6 Å². The number of benzene rings is 2. The van der Waals surface area contributed by atoms with Gasteiger partial charge < -0.3 is 9.47 Å². The molecule has 4 aliphatic rings.